The second-order valence-corrected chi connectivity index (χ2v) is 4.34. The van der Waals surface area contributed by atoms with Gasteiger partial charge in [0.25, 0.3) is 0 Å². The standard InChI is InChI=1S/C10H22N2/c1-4-12(3)9-7-5-6-8-10(9,2)11/h9H,4-8,11H2,1-3H3. The van der Waals surface area contributed by atoms with Crippen LogP contribution in [0.2, 0.25) is 0 Å². The van der Waals surface area contributed by atoms with Crippen LogP contribution in [0.5, 0.6) is 0 Å². The molecule has 2 N–H and O–H groups in total. The summed E-state index contributed by atoms with van der Waals surface area (Å²) in [5.74, 6) is 0. The van der Waals surface area contributed by atoms with Crippen molar-refractivity contribution in [3.05, 3.63) is 0 Å². The second kappa shape index (κ2) is 3.75. The molecule has 72 valence electrons. The summed E-state index contributed by atoms with van der Waals surface area (Å²) in [4.78, 5) is 2.39. The van der Waals surface area contributed by atoms with Crippen LogP contribution in [0.25, 0.3) is 0 Å². The van der Waals surface area contributed by atoms with E-state index in [-0.39, 0.29) is 5.54 Å². The lowest BCUT2D eigenvalue weighted by Crippen LogP contribution is -2.57. The number of nitrogens with two attached hydrogens (primary N) is 1. The number of likely N-dealkylation sites (N-methyl/N-ethyl adjacent to an activating group) is 1. The molecule has 1 fully saturated rings. The van der Waals surface area contributed by atoms with E-state index in [1.165, 1.54) is 25.7 Å². The van der Waals surface area contributed by atoms with Crippen molar-refractivity contribution < 1.29 is 0 Å². The Kier molecular flexibility index (Phi) is 3.13. The Hall–Kier alpha value is -0.0800. The van der Waals surface area contributed by atoms with E-state index in [1.807, 2.05) is 0 Å². The summed E-state index contributed by atoms with van der Waals surface area (Å²) in [5, 5.41) is 0. The van der Waals surface area contributed by atoms with Gasteiger partial charge in [0.05, 0.1) is 0 Å². The van der Waals surface area contributed by atoms with Gasteiger partial charge in [-0.2, -0.15) is 0 Å². The molecular formula is C10H22N2. The third-order valence-corrected chi connectivity index (χ3v) is 3.24. The Bertz CT molecular complexity index is 143. The molecule has 0 amide bonds. The Balaban J connectivity index is 2.59. The monoisotopic (exact) mass is 170 g/mol. The second-order valence-electron chi connectivity index (χ2n) is 4.34. The molecule has 1 rings (SSSR count). The van der Waals surface area contributed by atoms with Gasteiger partial charge in [-0.25, -0.2) is 0 Å². The van der Waals surface area contributed by atoms with Crippen LogP contribution in [-0.2, 0) is 0 Å². The molecule has 2 atom stereocenters. The van der Waals surface area contributed by atoms with Crippen LogP contribution >= 0.6 is 0 Å². The molecule has 2 unspecified atom stereocenters. The molecule has 0 saturated heterocycles. The third kappa shape index (κ3) is 1.99. The fraction of sp³-hybridized carbons (Fsp3) is 1.00. The van der Waals surface area contributed by atoms with Crippen LogP contribution < -0.4 is 5.73 Å². The molecule has 0 aromatic carbocycles. The van der Waals surface area contributed by atoms with E-state index in [4.69, 9.17) is 5.73 Å². The first-order valence-electron chi connectivity index (χ1n) is 5.07. The van der Waals surface area contributed by atoms with E-state index in [9.17, 15) is 0 Å². The topological polar surface area (TPSA) is 29.3 Å². The van der Waals surface area contributed by atoms with Crippen molar-refractivity contribution in [3.63, 3.8) is 0 Å². The lowest BCUT2D eigenvalue weighted by atomic mass is 9.79. The van der Waals surface area contributed by atoms with Gasteiger partial charge < -0.3 is 10.6 Å². The van der Waals surface area contributed by atoms with Crippen molar-refractivity contribution in [2.45, 2.75) is 51.1 Å². The predicted molar refractivity (Wildman–Crippen MR) is 53.2 cm³/mol. The maximum Gasteiger partial charge on any atom is 0.0283 e. The van der Waals surface area contributed by atoms with Gasteiger partial charge in [0.2, 0.25) is 0 Å². The first kappa shape index (κ1) is 10.0. The molecule has 0 aliphatic heterocycles. The van der Waals surface area contributed by atoms with E-state index in [2.05, 4.69) is 25.8 Å². The Morgan fingerprint density at radius 1 is 1.50 bits per heavy atom. The smallest absolute Gasteiger partial charge is 0.0283 e. The fourth-order valence-corrected chi connectivity index (χ4v) is 2.28. The molecule has 0 bridgehead atoms. The minimum Gasteiger partial charge on any atom is -0.324 e. The Labute approximate surface area is 76.1 Å². The third-order valence-electron chi connectivity index (χ3n) is 3.24. The number of hydrogen-bond donors (Lipinski definition) is 1. The summed E-state index contributed by atoms with van der Waals surface area (Å²) in [6, 6.07) is 0.594. The Morgan fingerprint density at radius 2 is 2.17 bits per heavy atom. The van der Waals surface area contributed by atoms with Crippen molar-refractivity contribution >= 4 is 0 Å². The summed E-state index contributed by atoms with van der Waals surface area (Å²) in [6.07, 6.45) is 5.11. The van der Waals surface area contributed by atoms with Crippen LogP contribution in [0, 0.1) is 0 Å². The highest BCUT2D eigenvalue weighted by molar-refractivity contribution is 4.95. The molecule has 0 aromatic heterocycles. The quantitative estimate of drug-likeness (QED) is 0.682. The lowest BCUT2D eigenvalue weighted by Gasteiger charge is -2.43. The van der Waals surface area contributed by atoms with E-state index in [0.717, 1.165) is 6.54 Å². The maximum absolute atomic E-state index is 6.26. The van der Waals surface area contributed by atoms with Gasteiger partial charge in [0.1, 0.15) is 0 Å². The SMILES string of the molecule is CCN(C)C1CCCCC1(C)N. The highest BCUT2D eigenvalue weighted by Gasteiger charge is 2.34. The summed E-state index contributed by atoms with van der Waals surface area (Å²) in [6.45, 7) is 5.51. The fourth-order valence-electron chi connectivity index (χ4n) is 2.28. The van der Waals surface area contributed by atoms with E-state index >= 15 is 0 Å². The largest absolute Gasteiger partial charge is 0.324 e. The average molecular weight is 170 g/mol. The van der Waals surface area contributed by atoms with Crippen molar-refractivity contribution in [2.75, 3.05) is 13.6 Å². The normalized spacial score (nSPS) is 37.2. The van der Waals surface area contributed by atoms with Gasteiger partial charge in [-0.1, -0.05) is 19.8 Å². The molecule has 2 nitrogen and oxygen atoms in total. The molecule has 0 heterocycles. The molecule has 1 aliphatic rings. The number of nitrogens with zero attached hydrogens (tertiary/aromatic N) is 1. The first-order valence-corrected chi connectivity index (χ1v) is 5.07. The van der Waals surface area contributed by atoms with Crippen molar-refractivity contribution in [3.8, 4) is 0 Å². The van der Waals surface area contributed by atoms with Crippen LogP contribution in [0.15, 0.2) is 0 Å². The van der Waals surface area contributed by atoms with Crippen molar-refractivity contribution in [2.24, 2.45) is 5.73 Å². The maximum atomic E-state index is 6.26. The molecule has 1 aliphatic carbocycles. The minimum atomic E-state index is 0.0447. The zero-order valence-corrected chi connectivity index (χ0v) is 8.64. The summed E-state index contributed by atoms with van der Waals surface area (Å²) in [7, 11) is 2.18. The molecule has 0 radical (unpaired) electrons. The zero-order chi connectivity index (χ0) is 9.19. The highest BCUT2D eigenvalue weighted by Crippen LogP contribution is 2.28. The molecule has 2 heteroatoms. The molecule has 0 spiro atoms. The molecule has 1 saturated carbocycles. The molecular weight excluding hydrogens is 148 g/mol. The van der Waals surface area contributed by atoms with Crippen LogP contribution in [0.3, 0.4) is 0 Å². The van der Waals surface area contributed by atoms with Gasteiger partial charge in [0.15, 0.2) is 0 Å². The summed E-state index contributed by atoms with van der Waals surface area (Å²) in [5.41, 5.74) is 6.30. The van der Waals surface area contributed by atoms with E-state index in [0.29, 0.717) is 6.04 Å². The van der Waals surface area contributed by atoms with Gasteiger partial charge in [-0.05, 0) is 33.4 Å². The van der Waals surface area contributed by atoms with Crippen LogP contribution in [0.1, 0.15) is 39.5 Å². The summed E-state index contributed by atoms with van der Waals surface area (Å²) < 4.78 is 0. The molecule has 0 aromatic rings. The number of rotatable bonds is 2. The lowest BCUT2D eigenvalue weighted by molar-refractivity contribution is 0.120. The van der Waals surface area contributed by atoms with Crippen LogP contribution in [0.4, 0.5) is 0 Å². The minimum absolute atomic E-state index is 0.0447. The number of hydrogen-bond acceptors (Lipinski definition) is 2. The predicted octanol–water partition coefficient (Wildman–Crippen LogP) is 1.60. The average Bonchev–Trinajstić information content (AvgIpc) is 2.02. The zero-order valence-electron chi connectivity index (χ0n) is 8.64. The van der Waals surface area contributed by atoms with Crippen molar-refractivity contribution in [1.29, 1.82) is 0 Å². The Morgan fingerprint density at radius 3 is 2.67 bits per heavy atom. The van der Waals surface area contributed by atoms with Crippen LogP contribution in [-0.4, -0.2) is 30.1 Å². The van der Waals surface area contributed by atoms with Gasteiger partial charge >= 0.3 is 0 Å². The van der Waals surface area contributed by atoms with Gasteiger partial charge in [-0.3, -0.25) is 0 Å². The van der Waals surface area contributed by atoms with Crippen molar-refractivity contribution in [1.82, 2.24) is 4.90 Å². The summed E-state index contributed by atoms with van der Waals surface area (Å²) >= 11 is 0. The first-order chi connectivity index (χ1) is 5.58. The van der Waals surface area contributed by atoms with E-state index < -0.39 is 0 Å². The molecule has 12 heavy (non-hydrogen) atoms. The van der Waals surface area contributed by atoms with Gasteiger partial charge in [-0.15, -0.1) is 0 Å². The van der Waals surface area contributed by atoms with E-state index in [1.54, 1.807) is 0 Å². The van der Waals surface area contributed by atoms with Gasteiger partial charge in [0, 0.05) is 11.6 Å². The highest BCUT2D eigenvalue weighted by atomic mass is 15.2.